The molecule has 0 aromatic heterocycles. The summed E-state index contributed by atoms with van der Waals surface area (Å²) >= 11 is 0. The summed E-state index contributed by atoms with van der Waals surface area (Å²) in [6.45, 7) is 5.90. The molecule has 3 nitrogen and oxygen atoms in total. The van der Waals surface area contributed by atoms with Crippen molar-refractivity contribution in [3.8, 4) is 0 Å². The van der Waals surface area contributed by atoms with Crippen molar-refractivity contribution in [1.29, 1.82) is 0 Å². The first-order valence-electron chi connectivity index (χ1n) is 5.88. The maximum absolute atomic E-state index is 5.82. The molecule has 0 atom stereocenters. The average molecular weight is 198 g/mol. The van der Waals surface area contributed by atoms with Crippen molar-refractivity contribution < 1.29 is 4.74 Å². The standard InChI is InChI=1S/C11H22N2O/c1-2-14-11(9-12)5-7-13(8-6-11)10-3-4-10/h10H,2-9,12H2,1H3. The summed E-state index contributed by atoms with van der Waals surface area (Å²) in [5.74, 6) is 0. The van der Waals surface area contributed by atoms with Crippen LogP contribution in [0.4, 0.5) is 0 Å². The Bertz CT molecular complexity index is 184. The van der Waals surface area contributed by atoms with Gasteiger partial charge in [-0.15, -0.1) is 0 Å². The van der Waals surface area contributed by atoms with Gasteiger partial charge in [-0.3, -0.25) is 0 Å². The third-order valence-corrected chi connectivity index (χ3v) is 3.60. The molecule has 0 amide bonds. The van der Waals surface area contributed by atoms with Crippen molar-refractivity contribution in [1.82, 2.24) is 4.90 Å². The van der Waals surface area contributed by atoms with E-state index in [1.54, 1.807) is 0 Å². The van der Waals surface area contributed by atoms with Crippen LogP contribution in [-0.4, -0.2) is 42.8 Å². The molecule has 0 unspecified atom stereocenters. The van der Waals surface area contributed by atoms with Crippen LogP contribution in [0.2, 0.25) is 0 Å². The molecule has 0 radical (unpaired) electrons. The van der Waals surface area contributed by atoms with E-state index in [1.165, 1.54) is 25.9 Å². The molecule has 2 rings (SSSR count). The van der Waals surface area contributed by atoms with Crippen molar-refractivity contribution in [3.05, 3.63) is 0 Å². The van der Waals surface area contributed by atoms with Gasteiger partial charge >= 0.3 is 0 Å². The molecule has 0 aromatic carbocycles. The van der Waals surface area contributed by atoms with Crippen molar-refractivity contribution in [3.63, 3.8) is 0 Å². The van der Waals surface area contributed by atoms with Crippen LogP contribution in [-0.2, 0) is 4.74 Å². The number of piperidine rings is 1. The highest BCUT2D eigenvalue weighted by molar-refractivity contribution is 4.94. The highest BCUT2D eigenvalue weighted by atomic mass is 16.5. The maximum atomic E-state index is 5.82. The Morgan fingerprint density at radius 2 is 2.00 bits per heavy atom. The Kier molecular flexibility index (Phi) is 3.10. The van der Waals surface area contributed by atoms with Gasteiger partial charge in [-0.25, -0.2) is 0 Å². The van der Waals surface area contributed by atoms with Crippen LogP contribution in [0, 0.1) is 0 Å². The Balaban J connectivity index is 1.84. The van der Waals surface area contributed by atoms with Gasteiger partial charge in [0.2, 0.25) is 0 Å². The van der Waals surface area contributed by atoms with E-state index in [9.17, 15) is 0 Å². The maximum Gasteiger partial charge on any atom is 0.0828 e. The molecular weight excluding hydrogens is 176 g/mol. The van der Waals surface area contributed by atoms with Crippen molar-refractivity contribution >= 4 is 0 Å². The van der Waals surface area contributed by atoms with Gasteiger partial charge in [0.05, 0.1) is 5.60 Å². The third kappa shape index (κ3) is 2.10. The normalized spacial score (nSPS) is 27.9. The van der Waals surface area contributed by atoms with E-state index in [1.807, 2.05) is 0 Å². The Hall–Kier alpha value is -0.120. The summed E-state index contributed by atoms with van der Waals surface area (Å²) in [4.78, 5) is 2.60. The zero-order valence-electron chi connectivity index (χ0n) is 9.17. The fraction of sp³-hybridized carbons (Fsp3) is 1.00. The van der Waals surface area contributed by atoms with Crippen LogP contribution >= 0.6 is 0 Å². The molecule has 14 heavy (non-hydrogen) atoms. The van der Waals surface area contributed by atoms with Gasteiger partial charge in [0, 0.05) is 32.3 Å². The number of hydrogen-bond acceptors (Lipinski definition) is 3. The molecule has 1 aliphatic heterocycles. The Morgan fingerprint density at radius 3 is 2.43 bits per heavy atom. The molecule has 3 heteroatoms. The van der Waals surface area contributed by atoms with Gasteiger partial charge in [0.1, 0.15) is 0 Å². The minimum atomic E-state index is 0.000139. The molecule has 0 bridgehead atoms. The summed E-state index contributed by atoms with van der Waals surface area (Å²) in [6.07, 6.45) is 5.05. The predicted molar refractivity (Wildman–Crippen MR) is 57.2 cm³/mol. The smallest absolute Gasteiger partial charge is 0.0828 e. The number of rotatable bonds is 4. The monoisotopic (exact) mass is 198 g/mol. The van der Waals surface area contributed by atoms with E-state index >= 15 is 0 Å². The molecule has 82 valence electrons. The Morgan fingerprint density at radius 1 is 1.36 bits per heavy atom. The van der Waals surface area contributed by atoms with Gasteiger partial charge < -0.3 is 15.4 Å². The van der Waals surface area contributed by atoms with Crippen molar-refractivity contribution in [2.75, 3.05) is 26.2 Å². The molecule has 2 aliphatic rings. The molecule has 0 spiro atoms. The SMILES string of the molecule is CCOC1(CN)CCN(C2CC2)CC1. The highest BCUT2D eigenvalue weighted by Crippen LogP contribution is 2.33. The van der Waals surface area contributed by atoms with Crippen LogP contribution in [0.15, 0.2) is 0 Å². The second kappa shape index (κ2) is 4.17. The number of nitrogens with two attached hydrogens (primary N) is 1. The third-order valence-electron chi connectivity index (χ3n) is 3.60. The van der Waals surface area contributed by atoms with Gasteiger partial charge in [0.15, 0.2) is 0 Å². The molecule has 1 saturated carbocycles. The van der Waals surface area contributed by atoms with E-state index in [0.717, 1.165) is 25.5 Å². The van der Waals surface area contributed by atoms with E-state index in [2.05, 4.69) is 11.8 Å². The topological polar surface area (TPSA) is 38.5 Å². The lowest BCUT2D eigenvalue weighted by Crippen LogP contribution is -2.51. The van der Waals surface area contributed by atoms with Crippen LogP contribution in [0.5, 0.6) is 0 Å². The molecule has 1 aliphatic carbocycles. The van der Waals surface area contributed by atoms with Gasteiger partial charge in [-0.2, -0.15) is 0 Å². The number of ether oxygens (including phenoxy) is 1. The summed E-state index contributed by atoms with van der Waals surface area (Å²) in [5.41, 5.74) is 5.82. The second-order valence-electron chi connectivity index (χ2n) is 4.59. The molecule has 2 N–H and O–H groups in total. The van der Waals surface area contributed by atoms with Crippen molar-refractivity contribution in [2.24, 2.45) is 5.73 Å². The lowest BCUT2D eigenvalue weighted by molar-refractivity contribution is -0.0734. The van der Waals surface area contributed by atoms with Gasteiger partial charge in [-0.05, 0) is 32.6 Å². The highest BCUT2D eigenvalue weighted by Gasteiger charge is 2.38. The van der Waals surface area contributed by atoms with Crippen molar-refractivity contribution in [2.45, 2.75) is 44.2 Å². The first-order chi connectivity index (χ1) is 6.79. The molecule has 0 aromatic rings. The second-order valence-corrected chi connectivity index (χ2v) is 4.59. The zero-order chi connectivity index (χ0) is 10.0. The first kappa shape index (κ1) is 10.4. The summed E-state index contributed by atoms with van der Waals surface area (Å²) in [7, 11) is 0. The molecular formula is C11H22N2O. The molecule has 1 heterocycles. The minimum Gasteiger partial charge on any atom is -0.374 e. The van der Waals surface area contributed by atoms with Crippen LogP contribution in [0.25, 0.3) is 0 Å². The van der Waals surface area contributed by atoms with E-state index in [4.69, 9.17) is 10.5 Å². The quantitative estimate of drug-likeness (QED) is 0.732. The van der Waals surface area contributed by atoms with E-state index in [0.29, 0.717) is 6.54 Å². The number of nitrogens with zero attached hydrogens (tertiary/aromatic N) is 1. The summed E-state index contributed by atoms with van der Waals surface area (Å²) in [6, 6.07) is 0.896. The van der Waals surface area contributed by atoms with Crippen LogP contribution < -0.4 is 5.73 Å². The fourth-order valence-corrected chi connectivity index (χ4v) is 2.45. The average Bonchev–Trinajstić information content (AvgIpc) is 3.03. The minimum absolute atomic E-state index is 0.000139. The summed E-state index contributed by atoms with van der Waals surface area (Å²) in [5, 5.41) is 0. The zero-order valence-corrected chi connectivity index (χ0v) is 9.17. The Labute approximate surface area is 86.6 Å². The predicted octanol–water partition coefficient (Wildman–Crippen LogP) is 0.979. The van der Waals surface area contributed by atoms with E-state index < -0.39 is 0 Å². The lowest BCUT2D eigenvalue weighted by Gasteiger charge is -2.41. The van der Waals surface area contributed by atoms with E-state index in [-0.39, 0.29) is 5.60 Å². The fourth-order valence-electron chi connectivity index (χ4n) is 2.45. The van der Waals surface area contributed by atoms with Crippen LogP contribution in [0.3, 0.4) is 0 Å². The number of likely N-dealkylation sites (tertiary alicyclic amines) is 1. The lowest BCUT2D eigenvalue weighted by atomic mass is 9.91. The van der Waals surface area contributed by atoms with Crippen LogP contribution in [0.1, 0.15) is 32.6 Å². The first-order valence-corrected chi connectivity index (χ1v) is 5.88. The summed E-state index contributed by atoms with van der Waals surface area (Å²) < 4.78 is 5.82. The molecule has 1 saturated heterocycles. The number of hydrogen-bond donors (Lipinski definition) is 1. The van der Waals surface area contributed by atoms with Gasteiger partial charge in [0.25, 0.3) is 0 Å². The molecule has 2 fully saturated rings. The largest absolute Gasteiger partial charge is 0.374 e. The van der Waals surface area contributed by atoms with Gasteiger partial charge in [-0.1, -0.05) is 0 Å².